The molecule has 0 radical (unpaired) electrons. The van der Waals surface area contributed by atoms with Crippen LogP contribution in [-0.2, 0) is 14.3 Å². The van der Waals surface area contributed by atoms with Gasteiger partial charge in [0.25, 0.3) is 5.91 Å². The number of anilines is 2. The fourth-order valence-corrected chi connectivity index (χ4v) is 3.17. The lowest BCUT2D eigenvalue weighted by Gasteiger charge is -2.21. The Bertz CT molecular complexity index is 967. The molecule has 1 saturated heterocycles. The zero-order chi connectivity index (χ0) is 21.5. The number of carbonyl (C=O) groups excluding carboxylic acids is 3. The van der Waals surface area contributed by atoms with Gasteiger partial charge in [-0.1, -0.05) is 0 Å². The summed E-state index contributed by atoms with van der Waals surface area (Å²) >= 11 is 0. The Kier molecular flexibility index (Phi) is 6.75. The normalized spacial score (nSPS) is 13.1. The van der Waals surface area contributed by atoms with Gasteiger partial charge >= 0.3 is 5.97 Å². The quantitative estimate of drug-likeness (QED) is 0.656. The molecule has 2 aromatic carbocycles. The third-order valence-corrected chi connectivity index (χ3v) is 4.70. The molecule has 1 heterocycles. The van der Waals surface area contributed by atoms with Crippen LogP contribution >= 0.6 is 0 Å². The van der Waals surface area contributed by atoms with Crippen LogP contribution in [0.15, 0.2) is 48.5 Å². The van der Waals surface area contributed by atoms with Crippen molar-refractivity contribution in [2.45, 2.75) is 19.3 Å². The van der Waals surface area contributed by atoms with E-state index in [0.717, 1.165) is 6.42 Å². The van der Waals surface area contributed by atoms with Gasteiger partial charge in [-0.25, -0.2) is 9.18 Å². The fraction of sp³-hybridized carbons (Fsp3) is 0.273. The largest absolute Gasteiger partial charge is 0.452 e. The highest BCUT2D eigenvalue weighted by molar-refractivity contribution is 5.98. The minimum atomic E-state index is -0.679. The van der Waals surface area contributed by atoms with Crippen LogP contribution in [0.3, 0.4) is 0 Å². The summed E-state index contributed by atoms with van der Waals surface area (Å²) < 4.78 is 18.3. The van der Waals surface area contributed by atoms with Crippen LogP contribution in [0.1, 0.15) is 29.6 Å². The van der Waals surface area contributed by atoms with E-state index in [0.29, 0.717) is 24.3 Å². The summed E-state index contributed by atoms with van der Waals surface area (Å²) in [5, 5.41) is 8.81. The molecule has 8 heteroatoms. The molecule has 7 nitrogen and oxygen atoms in total. The van der Waals surface area contributed by atoms with E-state index >= 15 is 0 Å². The number of hydrogen-bond donors (Lipinski definition) is 0. The standard InChI is InChI=1S/C22H20FN3O4/c23-17-6-10-19(11-7-17)26(14-2-12-24)21(28)15-30-22(29)16-4-8-18(9-5-16)25-13-1-3-20(25)27/h4-11H,1-3,13-15H2. The van der Waals surface area contributed by atoms with Crippen LogP contribution < -0.4 is 9.80 Å². The number of ether oxygens (including phenoxy) is 1. The molecule has 1 fully saturated rings. The van der Waals surface area contributed by atoms with E-state index in [1.165, 1.54) is 29.2 Å². The SMILES string of the molecule is N#CCCN(C(=O)COC(=O)c1ccc(N2CCCC2=O)cc1)c1ccc(F)cc1. The average molecular weight is 409 g/mol. The zero-order valence-corrected chi connectivity index (χ0v) is 16.2. The van der Waals surface area contributed by atoms with Crippen molar-refractivity contribution in [1.82, 2.24) is 0 Å². The number of carbonyl (C=O) groups is 3. The predicted molar refractivity (Wildman–Crippen MR) is 107 cm³/mol. The van der Waals surface area contributed by atoms with E-state index in [9.17, 15) is 18.8 Å². The van der Waals surface area contributed by atoms with Crippen LogP contribution in [0.5, 0.6) is 0 Å². The van der Waals surface area contributed by atoms with Crippen LogP contribution in [-0.4, -0.2) is 37.5 Å². The Labute approximate surface area is 173 Å². The molecular weight excluding hydrogens is 389 g/mol. The molecule has 1 aliphatic heterocycles. The van der Waals surface area contributed by atoms with E-state index in [1.807, 2.05) is 6.07 Å². The monoisotopic (exact) mass is 409 g/mol. The fourth-order valence-electron chi connectivity index (χ4n) is 3.17. The van der Waals surface area contributed by atoms with Crippen LogP contribution in [0, 0.1) is 17.1 Å². The molecule has 0 unspecified atom stereocenters. The van der Waals surface area contributed by atoms with E-state index in [2.05, 4.69) is 0 Å². The zero-order valence-electron chi connectivity index (χ0n) is 16.2. The Hall–Kier alpha value is -3.73. The second-order valence-electron chi connectivity index (χ2n) is 6.70. The van der Waals surface area contributed by atoms with Gasteiger partial charge in [0.05, 0.1) is 18.1 Å². The second kappa shape index (κ2) is 9.65. The maximum atomic E-state index is 13.1. The predicted octanol–water partition coefficient (Wildman–Crippen LogP) is 3.06. The summed E-state index contributed by atoms with van der Waals surface area (Å²) in [5.41, 5.74) is 1.38. The highest BCUT2D eigenvalue weighted by Gasteiger charge is 2.22. The highest BCUT2D eigenvalue weighted by Crippen LogP contribution is 2.22. The Morgan fingerprint density at radius 2 is 1.83 bits per heavy atom. The number of hydrogen-bond acceptors (Lipinski definition) is 5. The van der Waals surface area contributed by atoms with Gasteiger partial charge in [0.1, 0.15) is 5.82 Å². The third-order valence-electron chi connectivity index (χ3n) is 4.70. The van der Waals surface area contributed by atoms with Crippen molar-refractivity contribution in [3.63, 3.8) is 0 Å². The lowest BCUT2D eigenvalue weighted by molar-refractivity contribution is -0.121. The number of halogens is 1. The van der Waals surface area contributed by atoms with E-state index < -0.39 is 24.3 Å². The maximum absolute atomic E-state index is 13.1. The van der Waals surface area contributed by atoms with E-state index in [-0.39, 0.29) is 24.4 Å². The summed E-state index contributed by atoms with van der Waals surface area (Å²) in [7, 11) is 0. The van der Waals surface area contributed by atoms with Crippen molar-refractivity contribution in [1.29, 1.82) is 5.26 Å². The van der Waals surface area contributed by atoms with E-state index in [1.54, 1.807) is 29.2 Å². The van der Waals surface area contributed by atoms with E-state index in [4.69, 9.17) is 10.00 Å². The Balaban J connectivity index is 1.61. The first-order chi connectivity index (χ1) is 14.5. The first-order valence-electron chi connectivity index (χ1n) is 9.50. The average Bonchev–Trinajstić information content (AvgIpc) is 3.19. The molecule has 2 aromatic rings. The summed E-state index contributed by atoms with van der Waals surface area (Å²) in [6.07, 6.45) is 1.40. The van der Waals surface area contributed by atoms with Gasteiger partial charge in [0.15, 0.2) is 6.61 Å². The molecular formula is C22H20FN3O4. The minimum absolute atomic E-state index is 0.0502. The molecule has 0 spiro atoms. The molecule has 154 valence electrons. The summed E-state index contributed by atoms with van der Waals surface area (Å²) in [4.78, 5) is 39.6. The summed E-state index contributed by atoms with van der Waals surface area (Å²) in [5.74, 6) is -1.60. The van der Waals surface area contributed by atoms with Crippen molar-refractivity contribution in [2.24, 2.45) is 0 Å². The van der Waals surface area contributed by atoms with Gasteiger partial charge in [-0.3, -0.25) is 9.59 Å². The number of amides is 2. The van der Waals surface area contributed by atoms with Crippen LogP contribution in [0.2, 0.25) is 0 Å². The number of nitrogens with zero attached hydrogens (tertiary/aromatic N) is 3. The maximum Gasteiger partial charge on any atom is 0.338 e. The number of rotatable bonds is 7. The smallest absolute Gasteiger partial charge is 0.338 e. The molecule has 0 N–H and O–H groups in total. The number of nitriles is 1. The molecule has 1 aliphatic rings. The molecule has 0 aromatic heterocycles. The molecule has 0 saturated carbocycles. The third kappa shape index (κ3) is 5.00. The molecule has 30 heavy (non-hydrogen) atoms. The number of benzene rings is 2. The molecule has 0 bridgehead atoms. The first kappa shape index (κ1) is 21.0. The van der Waals surface area contributed by atoms with Crippen LogP contribution in [0.25, 0.3) is 0 Å². The number of esters is 1. The van der Waals surface area contributed by atoms with Gasteiger partial charge in [-0.15, -0.1) is 0 Å². The van der Waals surface area contributed by atoms with Gasteiger partial charge in [0, 0.05) is 30.9 Å². The van der Waals surface area contributed by atoms with Crippen LogP contribution in [0.4, 0.5) is 15.8 Å². The Morgan fingerprint density at radius 3 is 2.43 bits per heavy atom. The topological polar surface area (TPSA) is 90.7 Å². The lowest BCUT2D eigenvalue weighted by atomic mass is 10.2. The highest BCUT2D eigenvalue weighted by atomic mass is 19.1. The second-order valence-corrected chi connectivity index (χ2v) is 6.70. The van der Waals surface area contributed by atoms with Gasteiger partial charge in [-0.2, -0.15) is 5.26 Å². The summed E-state index contributed by atoms with van der Waals surface area (Å²) in [6.45, 7) is 0.226. The van der Waals surface area contributed by atoms with Crippen molar-refractivity contribution >= 4 is 29.2 Å². The molecule has 2 amide bonds. The van der Waals surface area contributed by atoms with Crippen molar-refractivity contribution in [3.05, 3.63) is 59.9 Å². The van der Waals surface area contributed by atoms with Crippen molar-refractivity contribution in [2.75, 3.05) is 29.5 Å². The molecule has 3 rings (SSSR count). The van der Waals surface area contributed by atoms with Crippen molar-refractivity contribution < 1.29 is 23.5 Å². The van der Waals surface area contributed by atoms with Gasteiger partial charge < -0.3 is 14.5 Å². The molecule has 0 aliphatic carbocycles. The first-order valence-corrected chi connectivity index (χ1v) is 9.50. The summed E-state index contributed by atoms with van der Waals surface area (Å²) in [6, 6.07) is 13.6. The van der Waals surface area contributed by atoms with Crippen molar-refractivity contribution in [3.8, 4) is 6.07 Å². The minimum Gasteiger partial charge on any atom is -0.452 e. The van der Waals surface area contributed by atoms with Gasteiger partial charge in [-0.05, 0) is 55.0 Å². The van der Waals surface area contributed by atoms with Gasteiger partial charge in [0.2, 0.25) is 5.91 Å². The molecule has 0 atom stereocenters. The lowest BCUT2D eigenvalue weighted by Crippen LogP contribution is -2.35. The Morgan fingerprint density at radius 1 is 1.13 bits per heavy atom.